The number of benzene rings is 1. The van der Waals surface area contributed by atoms with Gasteiger partial charge in [0.25, 0.3) is 0 Å². The van der Waals surface area contributed by atoms with Crippen molar-refractivity contribution in [3.8, 4) is 17.2 Å². The third-order valence-corrected chi connectivity index (χ3v) is 1.95. The molecule has 0 radical (unpaired) electrons. The SMILES string of the molecule is O=C(O)Oc1cccc2c1OC(F)(F)C(F)(F)O2. The summed E-state index contributed by atoms with van der Waals surface area (Å²) in [6, 6.07) is 2.95. The Morgan fingerprint density at radius 2 is 1.78 bits per heavy atom. The van der Waals surface area contributed by atoms with E-state index in [-0.39, 0.29) is 0 Å². The first kappa shape index (κ1) is 12.3. The predicted molar refractivity (Wildman–Crippen MR) is 46.2 cm³/mol. The second-order valence-corrected chi connectivity index (χ2v) is 3.19. The summed E-state index contributed by atoms with van der Waals surface area (Å²) in [7, 11) is 0. The molecule has 0 unspecified atom stereocenters. The number of hydrogen-bond acceptors (Lipinski definition) is 4. The van der Waals surface area contributed by atoms with E-state index >= 15 is 0 Å². The van der Waals surface area contributed by atoms with Gasteiger partial charge in [-0.2, -0.15) is 17.6 Å². The summed E-state index contributed by atoms with van der Waals surface area (Å²) >= 11 is 0. The van der Waals surface area contributed by atoms with Crippen LogP contribution in [-0.4, -0.2) is 23.5 Å². The van der Waals surface area contributed by atoms with Gasteiger partial charge in [0.05, 0.1) is 0 Å². The van der Waals surface area contributed by atoms with E-state index in [1.807, 2.05) is 0 Å². The molecule has 0 spiro atoms. The van der Waals surface area contributed by atoms with Gasteiger partial charge in [-0.05, 0) is 12.1 Å². The molecule has 0 atom stereocenters. The molecule has 0 bridgehead atoms. The maximum atomic E-state index is 12.9. The molecule has 0 saturated carbocycles. The van der Waals surface area contributed by atoms with Gasteiger partial charge in [-0.1, -0.05) is 6.07 Å². The average molecular weight is 268 g/mol. The minimum Gasteiger partial charge on any atom is -0.449 e. The molecule has 1 aromatic carbocycles. The van der Waals surface area contributed by atoms with Gasteiger partial charge < -0.3 is 19.3 Å². The van der Waals surface area contributed by atoms with E-state index in [4.69, 9.17) is 5.11 Å². The van der Waals surface area contributed by atoms with Gasteiger partial charge in [0.1, 0.15) is 0 Å². The third-order valence-electron chi connectivity index (χ3n) is 1.95. The molecule has 5 nitrogen and oxygen atoms in total. The fourth-order valence-electron chi connectivity index (χ4n) is 1.24. The lowest BCUT2D eigenvalue weighted by molar-refractivity contribution is -0.391. The first-order chi connectivity index (χ1) is 8.23. The van der Waals surface area contributed by atoms with E-state index in [0.717, 1.165) is 18.2 Å². The number of carboxylic acid groups (broad SMARTS) is 1. The van der Waals surface area contributed by atoms with Gasteiger partial charge >= 0.3 is 18.4 Å². The summed E-state index contributed by atoms with van der Waals surface area (Å²) in [5, 5.41) is 8.35. The maximum Gasteiger partial charge on any atom is 0.511 e. The molecule has 18 heavy (non-hydrogen) atoms. The fourth-order valence-corrected chi connectivity index (χ4v) is 1.24. The average Bonchev–Trinajstić information content (AvgIpc) is 2.19. The molecule has 0 aliphatic carbocycles. The second kappa shape index (κ2) is 3.65. The lowest BCUT2D eigenvalue weighted by Gasteiger charge is -2.32. The highest BCUT2D eigenvalue weighted by atomic mass is 19.3. The monoisotopic (exact) mass is 268 g/mol. The number of fused-ring (bicyclic) bond motifs is 1. The van der Waals surface area contributed by atoms with Gasteiger partial charge in [0.2, 0.25) is 5.75 Å². The number of carbonyl (C=O) groups is 1. The van der Waals surface area contributed by atoms with Crippen LogP contribution in [0.5, 0.6) is 17.2 Å². The molecule has 0 amide bonds. The summed E-state index contributed by atoms with van der Waals surface area (Å²) in [5.74, 6) is -2.32. The largest absolute Gasteiger partial charge is 0.511 e. The second-order valence-electron chi connectivity index (χ2n) is 3.19. The van der Waals surface area contributed by atoms with Crippen LogP contribution in [0.2, 0.25) is 0 Å². The van der Waals surface area contributed by atoms with Crippen LogP contribution in [0.3, 0.4) is 0 Å². The van der Waals surface area contributed by atoms with Crippen molar-refractivity contribution < 1.29 is 41.7 Å². The Bertz CT molecular complexity index is 502. The molecule has 1 heterocycles. The van der Waals surface area contributed by atoms with E-state index < -0.39 is 35.6 Å². The van der Waals surface area contributed by atoms with Gasteiger partial charge in [0.15, 0.2) is 11.5 Å². The first-order valence-corrected chi connectivity index (χ1v) is 4.40. The number of rotatable bonds is 1. The van der Waals surface area contributed by atoms with Crippen LogP contribution in [0, 0.1) is 0 Å². The molecule has 0 saturated heterocycles. The minimum absolute atomic E-state index is 0.671. The lowest BCUT2D eigenvalue weighted by Crippen LogP contribution is -2.52. The highest BCUT2D eigenvalue weighted by Gasteiger charge is 2.66. The van der Waals surface area contributed by atoms with Crippen molar-refractivity contribution >= 4 is 6.16 Å². The highest BCUT2D eigenvalue weighted by Crippen LogP contribution is 2.50. The topological polar surface area (TPSA) is 65.0 Å². The predicted octanol–water partition coefficient (Wildman–Crippen LogP) is 2.70. The standard InChI is InChI=1S/C9H4F4O5/c10-8(11)9(12,13)18-6-4(16-7(14)15)2-1-3-5(6)17-8/h1-3H,(H,14,15). The molecule has 0 fully saturated rings. The molecule has 1 aliphatic rings. The van der Waals surface area contributed by atoms with Crippen LogP contribution in [-0.2, 0) is 0 Å². The van der Waals surface area contributed by atoms with Crippen molar-refractivity contribution in [3.05, 3.63) is 18.2 Å². The summed E-state index contributed by atoms with van der Waals surface area (Å²) in [6.07, 6.45) is -11.6. The Balaban J connectivity index is 2.46. The summed E-state index contributed by atoms with van der Waals surface area (Å²) < 4.78 is 63.0. The number of para-hydroxylation sites is 1. The van der Waals surface area contributed by atoms with Crippen molar-refractivity contribution in [2.45, 2.75) is 12.2 Å². The first-order valence-electron chi connectivity index (χ1n) is 4.40. The van der Waals surface area contributed by atoms with E-state index in [9.17, 15) is 22.4 Å². The quantitative estimate of drug-likeness (QED) is 0.482. The summed E-state index contributed by atoms with van der Waals surface area (Å²) in [6.45, 7) is 0. The molecule has 1 aliphatic heterocycles. The van der Waals surface area contributed by atoms with Gasteiger partial charge in [-0.3, -0.25) is 0 Å². The number of ether oxygens (including phenoxy) is 3. The van der Waals surface area contributed by atoms with Crippen LogP contribution >= 0.6 is 0 Å². The van der Waals surface area contributed by atoms with Gasteiger partial charge in [-0.15, -0.1) is 0 Å². The lowest BCUT2D eigenvalue weighted by atomic mass is 10.2. The summed E-state index contributed by atoms with van der Waals surface area (Å²) in [5.41, 5.74) is 0. The Hall–Kier alpha value is -2.19. The molecular weight excluding hydrogens is 264 g/mol. The molecule has 98 valence electrons. The fraction of sp³-hybridized carbons (Fsp3) is 0.222. The molecule has 9 heteroatoms. The van der Waals surface area contributed by atoms with Gasteiger partial charge in [0, 0.05) is 0 Å². The molecular formula is C9H4F4O5. The smallest absolute Gasteiger partial charge is 0.449 e. The van der Waals surface area contributed by atoms with Crippen molar-refractivity contribution in [1.29, 1.82) is 0 Å². The Kier molecular flexibility index (Phi) is 2.49. The molecule has 0 aromatic heterocycles. The third kappa shape index (κ3) is 1.87. The Morgan fingerprint density at radius 3 is 2.39 bits per heavy atom. The van der Waals surface area contributed by atoms with Crippen LogP contribution in [0.15, 0.2) is 18.2 Å². The normalized spacial score (nSPS) is 19.1. The number of alkyl halides is 4. The number of hydrogen-bond donors (Lipinski definition) is 1. The zero-order valence-corrected chi connectivity index (χ0v) is 8.32. The Labute approximate surface area is 96.5 Å². The van der Waals surface area contributed by atoms with E-state index in [0.29, 0.717) is 0 Å². The van der Waals surface area contributed by atoms with Crippen molar-refractivity contribution in [2.75, 3.05) is 0 Å². The van der Waals surface area contributed by atoms with Crippen LogP contribution in [0.25, 0.3) is 0 Å². The maximum absolute atomic E-state index is 12.9. The van der Waals surface area contributed by atoms with Crippen LogP contribution < -0.4 is 14.2 Å². The summed E-state index contributed by atoms with van der Waals surface area (Å²) in [4.78, 5) is 10.3. The zero-order chi connectivity index (χ0) is 13.6. The zero-order valence-electron chi connectivity index (χ0n) is 8.32. The minimum atomic E-state index is -4.93. The van der Waals surface area contributed by atoms with Crippen molar-refractivity contribution in [2.24, 2.45) is 0 Å². The van der Waals surface area contributed by atoms with Gasteiger partial charge in [-0.25, -0.2) is 4.79 Å². The molecule has 1 aromatic rings. The van der Waals surface area contributed by atoms with Crippen molar-refractivity contribution in [3.63, 3.8) is 0 Å². The highest BCUT2D eigenvalue weighted by molar-refractivity contribution is 5.65. The van der Waals surface area contributed by atoms with Crippen LogP contribution in [0.4, 0.5) is 22.4 Å². The number of halogens is 4. The van der Waals surface area contributed by atoms with E-state index in [1.54, 1.807) is 0 Å². The Morgan fingerprint density at radius 1 is 1.17 bits per heavy atom. The molecule has 2 rings (SSSR count). The van der Waals surface area contributed by atoms with E-state index in [2.05, 4.69) is 14.2 Å². The van der Waals surface area contributed by atoms with Crippen molar-refractivity contribution in [1.82, 2.24) is 0 Å². The molecule has 1 N–H and O–H groups in total. The van der Waals surface area contributed by atoms with E-state index in [1.165, 1.54) is 0 Å². The van der Waals surface area contributed by atoms with Crippen LogP contribution in [0.1, 0.15) is 0 Å².